The highest BCUT2D eigenvalue weighted by Gasteiger charge is 2.54. The van der Waals surface area contributed by atoms with Crippen molar-refractivity contribution in [3.8, 4) is 0 Å². The molecule has 26 heavy (non-hydrogen) atoms. The van der Waals surface area contributed by atoms with Crippen molar-refractivity contribution < 1.29 is 24.5 Å². The van der Waals surface area contributed by atoms with Gasteiger partial charge in [-0.05, 0) is 6.92 Å². The van der Waals surface area contributed by atoms with Crippen LogP contribution in [-0.4, -0.2) is 60.1 Å². The van der Waals surface area contributed by atoms with Gasteiger partial charge in [0.25, 0.3) is 5.56 Å². The van der Waals surface area contributed by atoms with Crippen molar-refractivity contribution in [3.05, 3.63) is 16.7 Å². The summed E-state index contributed by atoms with van der Waals surface area (Å²) < 4.78 is 12.1. The molecule has 3 rings (SSSR count). The number of ether oxygens (including phenoxy) is 2. The second-order valence-corrected chi connectivity index (χ2v) is 6.76. The van der Waals surface area contributed by atoms with Gasteiger partial charge in [0.15, 0.2) is 17.4 Å². The molecule has 0 saturated carbocycles. The summed E-state index contributed by atoms with van der Waals surface area (Å²) in [5.41, 5.74) is 3.40. The maximum Gasteiger partial charge on any atom is 0.308 e. The lowest BCUT2D eigenvalue weighted by Crippen LogP contribution is -2.44. The first-order valence-electron chi connectivity index (χ1n) is 8.07. The van der Waals surface area contributed by atoms with Crippen LogP contribution in [-0.2, 0) is 14.3 Å². The maximum absolute atomic E-state index is 11.9. The number of nitrogen functional groups attached to an aromatic ring is 1. The smallest absolute Gasteiger partial charge is 0.308 e. The Balaban J connectivity index is 1.91. The van der Waals surface area contributed by atoms with Gasteiger partial charge in [-0.3, -0.25) is 19.1 Å². The number of aromatic nitrogens is 4. The lowest BCUT2D eigenvalue weighted by molar-refractivity contribution is -0.153. The quantitative estimate of drug-likeness (QED) is 0.491. The number of fused-ring (bicyclic) bond motifs is 1. The van der Waals surface area contributed by atoms with E-state index in [2.05, 4.69) is 15.0 Å². The SMILES string of the molecule is CC(C)C(=O)OC[C@H]1O[C@@H](n2cnc3c(=O)[nH]c(N)nc32)[C@](C)(O)[C@@H]1O. The minimum Gasteiger partial charge on any atom is -0.463 e. The molecular formula is C15H21N5O6. The standard InChI is InChI=1S/C15H21N5O6/c1-6(2)12(23)25-4-7-9(21)15(3,24)13(26-7)20-5-17-8-10(20)18-14(16)19-11(8)22/h5-7,9,13,21,24H,4H2,1-3H3,(H3,16,18,19,22)/t7-,9-,13-,15-/m1/s1. The topological polar surface area (TPSA) is 166 Å². The Labute approximate surface area is 147 Å². The Morgan fingerprint density at radius 2 is 2.27 bits per heavy atom. The number of imidazole rings is 1. The summed E-state index contributed by atoms with van der Waals surface area (Å²) in [4.78, 5) is 33.8. The van der Waals surface area contributed by atoms with Gasteiger partial charge in [0.2, 0.25) is 5.95 Å². The molecule has 142 valence electrons. The van der Waals surface area contributed by atoms with Gasteiger partial charge in [-0.2, -0.15) is 4.98 Å². The first-order valence-corrected chi connectivity index (χ1v) is 8.07. The fourth-order valence-electron chi connectivity index (χ4n) is 2.82. The predicted octanol–water partition coefficient (Wildman–Crippen LogP) is -1.09. The number of aromatic amines is 1. The molecule has 1 aliphatic rings. The van der Waals surface area contributed by atoms with Crippen LogP contribution in [0.3, 0.4) is 0 Å². The van der Waals surface area contributed by atoms with Crippen molar-refractivity contribution in [3.63, 3.8) is 0 Å². The molecule has 2 aromatic rings. The van der Waals surface area contributed by atoms with Crippen molar-refractivity contribution >= 4 is 23.1 Å². The molecule has 4 atom stereocenters. The molecule has 0 radical (unpaired) electrons. The molecule has 2 aromatic heterocycles. The van der Waals surface area contributed by atoms with E-state index in [-0.39, 0.29) is 29.6 Å². The Bertz CT molecular complexity index is 888. The Kier molecular flexibility index (Phi) is 4.46. The number of rotatable bonds is 4. The molecule has 0 spiro atoms. The molecule has 5 N–H and O–H groups in total. The summed E-state index contributed by atoms with van der Waals surface area (Å²) in [7, 11) is 0. The highest BCUT2D eigenvalue weighted by atomic mass is 16.6. The third-order valence-corrected chi connectivity index (χ3v) is 4.32. The number of nitrogens with one attached hydrogen (secondary N) is 1. The second kappa shape index (κ2) is 6.34. The van der Waals surface area contributed by atoms with E-state index in [9.17, 15) is 19.8 Å². The van der Waals surface area contributed by atoms with E-state index in [1.165, 1.54) is 17.8 Å². The largest absolute Gasteiger partial charge is 0.463 e. The number of carbonyl (C=O) groups excluding carboxylic acids is 1. The van der Waals surface area contributed by atoms with E-state index in [0.717, 1.165) is 0 Å². The predicted molar refractivity (Wildman–Crippen MR) is 88.9 cm³/mol. The van der Waals surface area contributed by atoms with Crippen LogP contribution in [0.15, 0.2) is 11.1 Å². The molecule has 3 heterocycles. The molecule has 0 bridgehead atoms. The van der Waals surface area contributed by atoms with Crippen LogP contribution >= 0.6 is 0 Å². The molecule has 0 aromatic carbocycles. The van der Waals surface area contributed by atoms with Crippen LogP contribution < -0.4 is 11.3 Å². The minimum atomic E-state index is -1.75. The Hall–Kier alpha value is -2.50. The number of hydrogen-bond acceptors (Lipinski definition) is 9. The number of nitrogens with zero attached hydrogens (tertiary/aromatic N) is 3. The van der Waals surface area contributed by atoms with Crippen molar-refractivity contribution in [1.29, 1.82) is 0 Å². The van der Waals surface area contributed by atoms with Gasteiger partial charge in [0.05, 0.1) is 12.2 Å². The van der Waals surface area contributed by atoms with Gasteiger partial charge < -0.3 is 25.4 Å². The summed E-state index contributed by atoms with van der Waals surface area (Å²) in [6.07, 6.45) is -2.15. The summed E-state index contributed by atoms with van der Waals surface area (Å²) >= 11 is 0. The van der Waals surface area contributed by atoms with Crippen molar-refractivity contribution in [2.24, 2.45) is 5.92 Å². The summed E-state index contributed by atoms with van der Waals surface area (Å²) in [5.74, 6) is -0.899. The molecule has 1 fully saturated rings. The van der Waals surface area contributed by atoms with Crippen molar-refractivity contribution in [1.82, 2.24) is 19.5 Å². The van der Waals surface area contributed by atoms with Crippen LogP contribution in [0.25, 0.3) is 11.2 Å². The molecule has 0 unspecified atom stereocenters. The van der Waals surface area contributed by atoms with E-state index in [4.69, 9.17) is 15.2 Å². The molecule has 0 aliphatic carbocycles. The van der Waals surface area contributed by atoms with Crippen molar-refractivity contribution in [2.75, 3.05) is 12.3 Å². The fourth-order valence-corrected chi connectivity index (χ4v) is 2.82. The summed E-state index contributed by atoms with van der Waals surface area (Å²) in [6.45, 7) is 4.50. The number of H-pyrrole nitrogens is 1. The molecule has 11 heteroatoms. The van der Waals surface area contributed by atoms with E-state index in [1.807, 2.05) is 0 Å². The van der Waals surface area contributed by atoms with Gasteiger partial charge >= 0.3 is 5.97 Å². The van der Waals surface area contributed by atoms with Crippen LogP contribution in [0, 0.1) is 5.92 Å². The average molecular weight is 367 g/mol. The van der Waals surface area contributed by atoms with E-state index < -0.39 is 35.6 Å². The van der Waals surface area contributed by atoms with Crippen molar-refractivity contribution in [2.45, 2.75) is 44.8 Å². The average Bonchev–Trinajstić information content (AvgIpc) is 3.05. The fraction of sp³-hybridized carbons (Fsp3) is 0.600. The summed E-state index contributed by atoms with van der Waals surface area (Å²) in [6, 6.07) is 0. The third-order valence-electron chi connectivity index (χ3n) is 4.32. The zero-order chi connectivity index (χ0) is 19.2. The molecule has 1 saturated heterocycles. The summed E-state index contributed by atoms with van der Waals surface area (Å²) in [5, 5.41) is 21.1. The highest BCUT2D eigenvalue weighted by Crippen LogP contribution is 2.39. The van der Waals surface area contributed by atoms with Crippen LogP contribution in [0.5, 0.6) is 0 Å². The molecule has 1 aliphatic heterocycles. The van der Waals surface area contributed by atoms with E-state index in [0.29, 0.717) is 0 Å². The number of anilines is 1. The third kappa shape index (κ3) is 2.93. The first-order chi connectivity index (χ1) is 12.1. The number of hydrogen-bond donors (Lipinski definition) is 4. The second-order valence-electron chi connectivity index (χ2n) is 6.76. The Morgan fingerprint density at radius 1 is 1.58 bits per heavy atom. The lowest BCUT2D eigenvalue weighted by atomic mass is 9.96. The van der Waals surface area contributed by atoms with Gasteiger partial charge in [-0.15, -0.1) is 0 Å². The molecule has 11 nitrogen and oxygen atoms in total. The molecular weight excluding hydrogens is 346 g/mol. The Morgan fingerprint density at radius 3 is 2.92 bits per heavy atom. The van der Waals surface area contributed by atoms with Crippen LogP contribution in [0.1, 0.15) is 27.0 Å². The van der Waals surface area contributed by atoms with Gasteiger partial charge in [-0.1, -0.05) is 13.8 Å². The van der Waals surface area contributed by atoms with Gasteiger partial charge in [0, 0.05) is 0 Å². The highest BCUT2D eigenvalue weighted by molar-refractivity contribution is 5.71. The van der Waals surface area contributed by atoms with Gasteiger partial charge in [0.1, 0.15) is 24.4 Å². The van der Waals surface area contributed by atoms with Crippen LogP contribution in [0.4, 0.5) is 5.95 Å². The lowest BCUT2D eigenvalue weighted by Gasteiger charge is -2.27. The number of esters is 1. The number of carbonyl (C=O) groups is 1. The first kappa shape index (κ1) is 18.3. The number of aliphatic hydroxyl groups excluding tert-OH is 1. The minimum absolute atomic E-state index is 0.0165. The zero-order valence-corrected chi connectivity index (χ0v) is 14.5. The van der Waals surface area contributed by atoms with E-state index >= 15 is 0 Å². The monoisotopic (exact) mass is 367 g/mol. The number of aliphatic hydroxyl groups is 2. The van der Waals surface area contributed by atoms with Crippen LogP contribution in [0.2, 0.25) is 0 Å². The molecule has 0 amide bonds. The van der Waals surface area contributed by atoms with Gasteiger partial charge in [-0.25, -0.2) is 4.98 Å². The zero-order valence-electron chi connectivity index (χ0n) is 14.5. The van der Waals surface area contributed by atoms with E-state index in [1.54, 1.807) is 13.8 Å². The maximum atomic E-state index is 11.9. The number of nitrogens with two attached hydrogens (primary N) is 1. The normalized spacial score (nSPS) is 28.8.